The number of imidazole rings is 1. The molecule has 0 aliphatic heterocycles. The fraction of sp³-hybridized carbons (Fsp3) is 0.133. The van der Waals surface area contributed by atoms with Gasteiger partial charge in [-0.05, 0) is 37.3 Å². The van der Waals surface area contributed by atoms with Gasteiger partial charge in [0.2, 0.25) is 0 Å². The molecule has 3 nitrogen and oxygen atoms in total. The van der Waals surface area contributed by atoms with Crippen LogP contribution in [-0.2, 0) is 0 Å². The van der Waals surface area contributed by atoms with Crippen LogP contribution in [0.5, 0.6) is 5.75 Å². The Morgan fingerprint density at radius 2 is 2.05 bits per heavy atom. The second-order valence-corrected chi connectivity index (χ2v) is 6.92. The average Bonchev–Trinajstić information content (AvgIpc) is 3.11. The number of nitrogens with zero attached hydrogens (tertiary/aromatic N) is 2. The molecule has 3 aromatic heterocycles. The maximum atomic E-state index is 5.27. The van der Waals surface area contributed by atoms with Gasteiger partial charge in [-0.3, -0.25) is 4.40 Å². The molecule has 0 fully saturated rings. The van der Waals surface area contributed by atoms with E-state index in [-0.39, 0.29) is 0 Å². The lowest BCUT2D eigenvalue weighted by Gasteiger charge is -1.98. The summed E-state index contributed by atoms with van der Waals surface area (Å²) in [5, 5.41) is 0. The third-order valence-corrected chi connectivity index (χ3v) is 5.33. The summed E-state index contributed by atoms with van der Waals surface area (Å²) in [4.78, 5) is 8.30. The first kappa shape index (κ1) is 11.9. The Hall–Kier alpha value is -1.85. The standard InChI is InChI=1S/C15H12N2OS2/c1-9-3-6-13(19-9)11-8-17-12-5-4-10(18-2)7-14(12)20-15(17)16-11/h3-8H,1-2H3. The van der Waals surface area contributed by atoms with Crippen LogP contribution in [0.1, 0.15) is 4.88 Å². The van der Waals surface area contributed by atoms with Crippen molar-refractivity contribution in [3.05, 3.63) is 41.4 Å². The van der Waals surface area contributed by atoms with Crippen molar-refractivity contribution >= 4 is 37.9 Å². The van der Waals surface area contributed by atoms with Gasteiger partial charge in [0.25, 0.3) is 0 Å². The van der Waals surface area contributed by atoms with E-state index in [0.29, 0.717) is 0 Å². The van der Waals surface area contributed by atoms with E-state index < -0.39 is 0 Å². The van der Waals surface area contributed by atoms with Crippen LogP contribution < -0.4 is 4.74 Å². The number of ether oxygens (including phenoxy) is 1. The van der Waals surface area contributed by atoms with Crippen molar-refractivity contribution in [2.75, 3.05) is 7.11 Å². The van der Waals surface area contributed by atoms with Crippen LogP contribution in [0.2, 0.25) is 0 Å². The molecule has 1 aromatic carbocycles. The molecule has 4 aromatic rings. The van der Waals surface area contributed by atoms with Crippen LogP contribution in [0.4, 0.5) is 0 Å². The second-order valence-electron chi connectivity index (χ2n) is 4.62. The van der Waals surface area contributed by atoms with Crippen LogP contribution in [-0.4, -0.2) is 16.5 Å². The third kappa shape index (κ3) is 1.74. The Labute approximate surface area is 124 Å². The van der Waals surface area contributed by atoms with E-state index in [2.05, 4.69) is 41.8 Å². The number of fused-ring (bicyclic) bond motifs is 3. The molecule has 0 bridgehead atoms. The van der Waals surface area contributed by atoms with E-state index >= 15 is 0 Å². The molecule has 0 amide bonds. The Kier molecular flexibility index (Phi) is 2.58. The molecule has 20 heavy (non-hydrogen) atoms. The van der Waals surface area contributed by atoms with Gasteiger partial charge in [-0.2, -0.15) is 0 Å². The first-order chi connectivity index (χ1) is 9.74. The minimum Gasteiger partial charge on any atom is -0.497 e. The van der Waals surface area contributed by atoms with Crippen molar-refractivity contribution in [2.45, 2.75) is 6.92 Å². The summed E-state index contributed by atoms with van der Waals surface area (Å²) in [6.45, 7) is 2.12. The minimum absolute atomic E-state index is 0.885. The molecule has 0 atom stereocenters. The largest absolute Gasteiger partial charge is 0.497 e. The van der Waals surface area contributed by atoms with Crippen molar-refractivity contribution in [1.29, 1.82) is 0 Å². The molecule has 0 radical (unpaired) electrons. The topological polar surface area (TPSA) is 26.5 Å². The highest BCUT2D eigenvalue weighted by atomic mass is 32.1. The monoisotopic (exact) mass is 300 g/mol. The summed E-state index contributed by atoms with van der Waals surface area (Å²) in [5.41, 5.74) is 2.23. The van der Waals surface area contributed by atoms with Crippen molar-refractivity contribution in [3.8, 4) is 16.3 Å². The highest BCUT2D eigenvalue weighted by molar-refractivity contribution is 7.23. The molecular formula is C15H12N2OS2. The minimum atomic E-state index is 0.885. The lowest BCUT2D eigenvalue weighted by atomic mass is 10.3. The zero-order chi connectivity index (χ0) is 13.7. The van der Waals surface area contributed by atoms with Crippen LogP contribution in [0.15, 0.2) is 36.5 Å². The SMILES string of the molecule is COc1ccc2c(c1)sc1nc(-c3ccc(C)s3)cn12. The van der Waals surface area contributed by atoms with Crippen LogP contribution in [0, 0.1) is 6.92 Å². The number of benzene rings is 1. The molecule has 0 saturated heterocycles. The molecule has 4 rings (SSSR count). The number of hydrogen-bond acceptors (Lipinski definition) is 4. The zero-order valence-corrected chi connectivity index (χ0v) is 12.7. The number of aryl methyl sites for hydroxylation is 1. The van der Waals surface area contributed by atoms with E-state index in [1.807, 2.05) is 6.07 Å². The first-order valence-electron chi connectivity index (χ1n) is 6.27. The van der Waals surface area contributed by atoms with E-state index in [4.69, 9.17) is 9.72 Å². The number of hydrogen-bond donors (Lipinski definition) is 0. The van der Waals surface area contributed by atoms with Crippen molar-refractivity contribution in [1.82, 2.24) is 9.38 Å². The first-order valence-corrected chi connectivity index (χ1v) is 7.90. The molecule has 5 heteroatoms. The van der Waals surface area contributed by atoms with Gasteiger partial charge in [0, 0.05) is 11.1 Å². The summed E-state index contributed by atoms with van der Waals surface area (Å²) in [6.07, 6.45) is 2.12. The van der Waals surface area contributed by atoms with Crippen LogP contribution in [0.3, 0.4) is 0 Å². The number of rotatable bonds is 2. The van der Waals surface area contributed by atoms with Gasteiger partial charge >= 0.3 is 0 Å². The van der Waals surface area contributed by atoms with Gasteiger partial charge in [-0.25, -0.2) is 4.98 Å². The molecule has 0 aliphatic carbocycles. The third-order valence-electron chi connectivity index (χ3n) is 3.29. The predicted octanol–water partition coefficient (Wildman–Crippen LogP) is 4.59. The summed E-state index contributed by atoms with van der Waals surface area (Å²) in [7, 11) is 1.69. The lowest BCUT2D eigenvalue weighted by molar-refractivity contribution is 0.415. The molecule has 0 unspecified atom stereocenters. The maximum absolute atomic E-state index is 5.27. The van der Waals surface area contributed by atoms with Crippen LogP contribution in [0.25, 0.3) is 25.7 Å². The fourth-order valence-corrected chi connectivity index (χ4v) is 4.16. The highest BCUT2D eigenvalue weighted by Gasteiger charge is 2.11. The van der Waals surface area contributed by atoms with Gasteiger partial charge in [0.1, 0.15) is 11.4 Å². The summed E-state index contributed by atoms with van der Waals surface area (Å²) in [5.74, 6) is 0.885. The number of aromatic nitrogens is 2. The van der Waals surface area contributed by atoms with Gasteiger partial charge < -0.3 is 4.74 Å². The van der Waals surface area contributed by atoms with Gasteiger partial charge in [0.05, 0.1) is 22.2 Å². The van der Waals surface area contributed by atoms with E-state index in [9.17, 15) is 0 Å². The second kappa shape index (κ2) is 4.33. The smallest absolute Gasteiger partial charge is 0.195 e. The van der Waals surface area contributed by atoms with Gasteiger partial charge in [-0.15, -0.1) is 11.3 Å². The quantitative estimate of drug-likeness (QED) is 0.541. The number of thiophene rings is 1. The number of thiazole rings is 1. The van der Waals surface area contributed by atoms with E-state index in [1.165, 1.54) is 20.0 Å². The Morgan fingerprint density at radius 1 is 1.15 bits per heavy atom. The molecule has 0 N–H and O–H groups in total. The fourth-order valence-electron chi connectivity index (χ4n) is 2.30. The molecular weight excluding hydrogens is 288 g/mol. The van der Waals surface area contributed by atoms with Crippen molar-refractivity contribution in [2.24, 2.45) is 0 Å². The Bertz CT molecular complexity index is 917. The van der Waals surface area contributed by atoms with E-state index in [0.717, 1.165) is 16.4 Å². The number of methoxy groups -OCH3 is 1. The van der Waals surface area contributed by atoms with E-state index in [1.54, 1.807) is 29.8 Å². The molecule has 0 saturated carbocycles. The highest BCUT2D eigenvalue weighted by Crippen LogP contribution is 2.33. The normalized spacial score (nSPS) is 11.5. The average molecular weight is 300 g/mol. The van der Waals surface area contributed by atoms with Crippen LogP contribution >= 0.6 is 22.7 Å². The predicted molar refractivity (Wildman–Crippen MR) is 85.2 cm³/mol. The maximum Gasteiger partial charge on any atom is 0.195 e. The van der Waals surface area contributed by atoms with Gasteiger partial charge in [0.15, 0.2) is 4.96 Å². The van der Waals surface area contributed by atoms with Gasteiger partial charge in [-0.1, -0.05) is 11.3 Å². The molecule has 3 heterocycles. The molecule has 0 spiro atoms. The summed E-state index contributed by atoms with van der Waals surface area (Å²) >= 11 is 3.47. The van der Waals surface area contributed by atoms with Crippen molar-refractivity contribution < 1.29 is 4.74 Å². The molecule has 100 valence electrons. The summed E-state index contributed by atoms with van der Waals surface area (Å²) in [6, 6.07) is 10.4. The summed E-state index contributed by atoms with van der Waals surface area (Å²) < 4.78 is 8.62. The molecule has 0 aliphatic rings. The lowest BCUT2D eigenvalue weighted by Crippen LogP contribution is -1.82. The Balaban J connectivity index is 1.92. The van der Waals surface area contributed by atoms with Crippen molar-refractivity contribution in [3.63, 3.8) is 0 Å². The zero-order valence-electron chi connectivity index (χ0n) is 11.1. The Morgan fingerprint density at radius 3 is 2.80 bits per heavy atom.